The summed E-state index contributed by atoms with van der Waals surface area (Å²) >= 11 is 0. The fraction of sp³-hybridized carbons (Fsp3) is 0.769. The average molecular weight is 268 g/mol. The predicted molar refractivity (Wildman–Crippen MR) is 67.3 cm³/mol. The zero-order valence-corrected chi connectivity index (χ0v) is 10.9. The lowest BCUT2D eigenvalue weighted by Crippen LogP contribution is -2.47. The second-order valence-corrected chi connectivity index (χ2v) is 5.36. The van der Waals surface area contributed by atoms with Crippen LogP contribution in [0, 0.1) is 5.92 Å². The van der Waals surface area contributed by atoms with Crippen molar-refractivity contribution in [3.63, 3.8) is 0 Å². The minimum absolute atomic E-state index is 0.0162. The number of carboxylic acid groups (broad SMARTS) is 1. The molecule has 2 aliphatic heterocycles. The van der Waals surface area contributed by atoms with Gasteiger partial charge in [0.25, 0.3) is 0 Å². The highest BCUT2D eigenvalue weighted by Crippen LogP contribution is 2.23. The summed E-state index contributed by atoms with van der Waals surface area (Å²) in [6.07, 6.45) is 3.65. The van der Waals surface area contributed by atoms with Gasteiger partial charge in [-0.1, -0.05) is 0 Å². The van der Waals surface area contributed by atoms with Crippen LogP contribution >= 0.6 is 0 Å². The van der Waals surface area contributed by atoms with Gasteiger partial charge in [0, 0.05) is 25.9 Å². The fourth-order valence-corrected chi connectivity index (χ4v) is 2.79. The zero-order chi connectivity index (χ0) is 13.8. The maximum atomic E-state index is 12.1. The highest BCUT2D eigenvalue weighted by Gasteiger charge is 2.32. The SMILES string of the molecule is O=C(O)CCC1CCN(C(=O)C2CCC(=O)N2)CC1. The first kappa shape index (κ1) is 13.8. The number of rotatable bonds is 4. The first-order valence-corrected chi connectivity index (χ1v) is 6.86. The van der Waals surface area contributed by atoms with Crippen molar-refractivity contribution in [2.24, 2.45) is 5.92 Å². The summed E-state index contributed by atoms with van der Waals surface area (Å²) in [6.45, 7) is 1.35. The van der Waals surface area contributed by atoms with Gasteiger partial charge in [-0.3, -0.25) is 14.4 Å². The normalized spacial score (nSPS) is 24.3. The Morgan fingerprint density at radius 1 is 1.26 bits per heavy atom. The molecule has 0 aromatic carbocycles. The second kappa shape index (κ2) is 6.04. The van der Waals surface area contributed by atoms with E-state index >= 15 is 0 Å². The standard InChI is InChI=1S/C13H20N2O4/c16-11-3-2-10(14-11)13(19)15-7-5-9(6-8-15)1-4-12(17)18/h9-10H,1-8H2,(H,14,16)(H,17,18). The van der Waals surface area contributed by atoms with Crippen molar-refractivity contribution >= 4 is 17.8 Å². The Morgan fingerprint density at radius 2 is 1.95 bits per heavy atom. The average Bonchev–Trinajstić information content (AvgIpc) is 2.83. The van der Waals surface area contributed by atoms with Gasteiger partial charge in [-0.05, 0) is 31.6 Å². The molecule has 2 aliphatic rings. The number of carbonyl (C=O) groups is 3. The van der Waals surface area contributed by atoms with E-state index in [0.717, 1.165) is 12.8 Å². The van der Waals surface area contributed by atoms with Crippen LogP contribution in [-0.4, -0.2) is 46.9 Å². The number of carbonyl (C=O) groups excluding carboxylic acids is 2. The third-order valence-electron chi connectivity index (χ3n) is 3.99. The quantitative estimate of drug-likeness (QED) is 0.771. The highest BCUT2D eigenvalue weighted by molar-refractivity contribution is 5.90. The van der Waals surface area contributed by atoms with Crippen molar-refractivity contribution in [1.82, 2.24) is 10.2 Å². The van der Waals surface area contributed by atoms with Crippen molar-refractivity contribution in [2.45, 2.75) is 44.6 Å². The van der Waals surface area contributed by atoms with Crippen LogP contribution in [0.5, 0.6) is 0 Å². The van der Waals surface area contributed by atoms with Gasteiger partial charge < -0.3 is 15.3 Å². The maximum Gasteiger partial charge on any atom is 0.303 e. The van der Waals surface area contributed by atoms with Crippen LogP contribution in [0.15, 0.2) is 0 Å². The molecule has 106 valence electrons. The van der Waals surface area contributed by atoms with Gasteiger partial charge in [0.1, 0.15) is 6.04 Å². The lowest BCUT2D eigenvalue weighted by molar-refractivity contribution is -0.138. The van der Waals surface area contributed by atoms with Gasteiger partial charge in [0.2, 0.25) is 11.8 Å². The Kier molecular flexibility index (Phi) is 4.39. The van der Waals surface area contributed by atoms with Gasteiger partial charge in [0.05, 0.1) is 0 Å². The van der Waals surface area contributed by atoms with Crippen LogP contribution in [0.4, 0.5) is 0 Å². The molecule has 2 saturated heterocycles. The van der Waals surface area contributed by atoms with Gasteiger partial charge >= 0.3 is 5.97 Å². The monoisotopic (exact) mass is 268 g/mol. The van der Waals surface area contributed by atoms with Crippen LogP contribution in [0.3, 0.4) is 0 Å². The number of nitrogens with one attached hydrogen (secondary N) is 1. The van der Waals surface area contributed by atoms with E-state index in [-0.39, 0.29) is 24.3 Å². The van der Waals surface area contributed by atoms with Gasteiger partial charge in [-0.15, -0.1) is 0 Å². The molecule has 0 aromatic heterocycles. The molecule has 2 heterocycles. The van der Waals surface area contributed by atoms with Crippen LogP contribution in [-0.2, 0) is 14.4 Å². The Hall–Kier alpha value is -1.59. The van der Waals surface area contributed by atoms with Gasteiger partial charge in [-0.2, -0.15) is 0 Å². The highest BCUT2D eigenvalue weighted by atomic mass is 16.4. The fourth-order valence-electron chi connectivity index (χ4n) is 2.79. The predicted octanol–water partition coefficient (Wildman–Crippen LogP) is 0.368. The van der Waals surface area contributed by atoms with Crippen LogP contribution in [0.1, 0.15) is 38.5 Å². The number of hydrogen-bond donors (Lipinski definition) is 2. The van der Waals surface area contributed by atoms with E-state index < -0.39 is 5.97 Å². The van der Waals surface area contributed by atoms with Crippen molar-refractivity contribution < 1.29 is 19.5 Å². The van der Waals surface area contributed by atoms with Crippen LogP contribution in [0.25, 0.3) is 0 Å². The molecule has 19 heavy (non-hydrogen) atoms. The third-order valence-corrected chi connectivity index (χ3v) is 3.99. The summed E-state index contributed by atoms with van der Waals surface area (Å²) in [5, 5.41) is 11.3. The Balaban J connectivity index is 1.75. The smallest absolute Gasteiger partial charge is 0.303 e. The van der Waals surface area contributed by atoms with Crippen molar-refractivity contribution in [3.8, 4) is 0 Å². The largest absolute Gasteiger partial charge is 0.481 e. The molecule has 1 unspecified atom stereocenters. The number of likely N-dealkylation sites (tertiary alicyclic amines) is 1. The van der Waals surface area contributed by atoms with E-state index in [2.05, 4.69) is 5.32 Å². The molecule has 2 fully saturated rings. The maximum absolute atomic E-state index is 12.1. The molecule has 0 saturated carbocycles. The van der Waals surface area contributed by atoms with Crippen LogP contribution in [0.2, 0.25) is 0 Å². The molecule has 0 aromatic rings. The molecule has 0 spiro atoms. The number of amides is 2. The van der Waals surface area contributed by atoms with E-state index in [1.807, 2.05) is 0 Å². The Morgan fingerprint density at radius 3 is 2.47 bits per heavy atom. The summed E-state index contributed by atoms with van der Waals surface area (Å²) in [7, 11) is 0. The summed E-state index contributed by atoms with van der Waals surface area (Å²) in [4.78, 5) is 35.6. The zero-order valence-electron chi connectivity index (χ0n) is 10.9. The molecule has 2 amide bonds. The first-order valence-electron chi connectivity index (χ1n) is 6.86. The minimum atomic E-state index is -0.757. The van der Waals surface area contributed by atoms with Crippen LogP contribution < -0.4 is 5.32 Å². The third kappa shape index (κ3) is 3.68. The van der Waals surface area contributed by atoms with Crippen molar-refractivity contribution in [3.05, 3.63) is 0 Å². The summed E-state index contributed by atoms with van der Waals surface area (Å²) in [6, 6.07) is -0.344. The van der Waals surface area contributed by atoms with E-state index in [9.17, 15) is 14.4 Å². The Bertz CT molecular complexity index is 375. The number of nitrogens with zero attached hydrogens (tertiary/aromatic N) is 1. The summed E-state index contributed by atoms with van der Waals surface area (Å²) in [5.41, 5.74) is 0. The number of hydrogen-bond acceptors (Lipinski definition) is 3. The number of carboxylic acids is 1. The van der Waals surface area contributed by atoms with Gasteiger partial charge in [0.15, 0.2) is 0 Å². The summed E-state index contributed by atoms with van der Waals surface area (Å²) in [5.74, 6) is -0.386. The minimum Gasteiger partial charge on any atom is -0.481 e. The van der Waals surface area contributed by atoms with Crippen molar-refractivity contribution in [2.75, 3.05) is 13.1 Å². The van der Waals surface area contributed by atoms with E-state index in [4.69, 9.17) is 5.11 Å². The topological polar surface area (TPSA) is 86.7 Å². The van der Waals surface area contributed by atoms with Crippen molar-refractivity contribution in [1.29, 1.82) is 0 Å². The summed E-state index contributed by atoms with van der Waals surface area (Å²) < 4.78 is 0. The second-order valence-electron chi connectivity index (χ2n) is 5.36. The molecular weight excluding hydrogens is 248 g/mol. The molecule has 0 bridgehead atoms. The molecule has 2 N–H and O–H groups in total. The molecular formula is C13H20N2O4. The molecule has 6 nitrogen and oxygen atoms in total. The number of aliphatic carboxylic acids is 1. The molecule has 0 aliphatic carbocycles. The number of piperidine rings is 1. The van der Waals surface area contributed by atoms with E-state index in [1.165, 1.54) is 0 Å². The lowest BCUT2D eigenvalue weighted by Gasteiger charge is -2.33. The molecule has 1 atom stereocenters. The molecule has 2 rings (SSSR count). The molecule has 0 radical (unpaired) electrons. The lowest BCUT2D eigenvalue weighted by atomic mass is 9.92. The van der Waals surface area contributed by atoms with Gasteiger partial charge in [-0.25, -0.2) is 0 Å². The van der Waals surface area contributed by atoms with E-state index in [0.29, 0.717) is 38.3 Å². The first-order chi connectivity index (χ1) is 9.06. The Labute approximate surface area is 112 Å². The molecule has 6 heteroatoms. The van der Waals surface area contributed by atoms with E-state index in [1.54, 1.807) is 4.90 Å².